The minimum Gasteiger partial charge on any atom is -0.447 e. The third-order valence-electron chi connectivity index (χ3n) is 1.22. The van der Waals surface area contributed by atoms with Crippen molar-refractivity contribution in [3.63, 3.8) is 0 Å². The number of carbonyl (C=O) groups excluding carboxylic acids is 1. The Kier molecular flexibility index (Phi) is 7.27. The van der Waals surface area contributed by atoms with Crippen LogP contribution in [0.25, 0.3) is 0 Å². The summed E-state index contributed by atoms with van der Waals surface area (Å²) in [4.78, 5) is 10.7. The van der Waals surface area contributed by atoms with Crippen LogP contribution in [-0.2, 0) is 4.74 Å². The number of ether oxygens (including phenoxy) is 1. The molecule has 13 heavy (non-hydrogen) atoms. The van der Waals surface area contributed by atoms with Crippen molar-refractivity contribution in [1.82, 2.24) is 5.32 Å². The van der Waals surface area contributed by atoms with Crippen molar-refractivity contribution in [1.29, 1.82) is 0 Å². The minimum absolute atomic E-state index is 0.000451. The fraction of sp³-hybridized carbons (Fsp3) is 0.857. The summed E-state index contributed by atoms with van der Waals surface area (Å²) in [5, 5.41) is 27.9. The topological polar surface area (TPSA) is 99.0 Å². The molecule has 6 heteroatoms. The molecule has 0 radical (unpaired) electrons. The zero-order valence-corrected chi connectivity index (χ0v) is 7.27. The van der Waals surface area contributed by atoms with E-state index in [0.717, 1.165) is 0 Å². The molecule has 0 aliphatic carbocycles. The fourth-order valence-corrected chi connectivity index (χ4v) is 0.545. The third kappa shape index (κ3) is 7.51. The van der Waals surface area contributed by atoms with Gasteiger partial charge in [-0.1, -0.05) is 0 Å². The number of hydrogen-bond donors (Lipinski definition) is 4. The van der Waals surface area contributed by atoms with Gasteiger partial charge in [0.2, 0.25) is 0 Å². The van der Waals surface area contributed by atoms with Gasteiger partial charge < -0.3 is 25.4 Å². The highest BCUT2D eigenvalue weighted by Gasteiger charge is 2.06. The Morgan fingerprint density at radius 1 is 1.46 bits per heavy atom. The van der Waals surface area contributed by atoms with Crippen molar-refractivity contribution in [2.24, 2.45) is 0 Å². The van der Waals surface area contributed by atoms with E-state index in [4.69, 9.17) is 15.3 Å². The SMILES string of the molecule is O=C(NCCCO)OC[C@H](O)CO. The van der Waals surface area contributed by atoms with Crippen LogP contribution < -0.4 is 5.32 Å². The van der Waals surface area contributed by atoms with Crippen molar-refractivity contribution >= 4 is 6.09 Å². The Morgan fingerprint density at radius 2 is 2.15 bits per heavy atom. The predicted octanol–water partition coefficient (Wildman–Crippen LogP) is -1.55. The molecule has 0 saturated carbocycles. The lowest BCUT2D eigenvalue weighted by atomic mass is 10.4. The van der Waals surface area contributed by atoms with E-state index < -0.39 is 18.8 Å². The average Bonchev–Trinajstić information content (AvgIpc) is 2.14. The van der Waals surface area contributed by atoms with E-state index in [1.807, 2.05) is 0 Å². The smallest absolute Gasteiger partial charge is 0.407 e. The molecule has 0 heterocycles. The molecule has 0 rings (SSSR count). The Bertz CT molecular complexity index is 141. The maximum atomic E-state index is 10.7. The summed E-state index contributed by atoms with van der Waals surface area (Å²) in [5.74, 6) is 0. The number of aliphatic hydroxyl groups excluding tert-OH is 3. The van der Waals surface area contributed by atoms with Gasteiger partial charge in [0.15, 0.2) is 0 Å². The first-order chi connectivity index (χ1) is 6.20. The van der Waals surface area contributed by atoms with Gasteiger partial charge in [-0.15, -0.1) is 0 Å². The summed E-state index contributed by atoms with van der Waals surface area (Å²) >= 11 is 0. The van der Waals surface area contributed by atoms with Crippen LogP contribution in [0.15, 0.2) is 0 Å². The minimum atomic E-state index is -1.04. The number of aliphatic hydroxyl groups is 3. The van der Waals surface area contributed by atoms with Gasteiger partial charge in [-0.05, 0) is 6.42 Å². The normalized spacial score (nSPS) is 12.2. The van der Waals surface area contributed by atoms with E-state index in [-0.39, 0.29) is 13.2 Å². The lowest BCUT2D eigenvalue weighted by Crippen LogP contribution is -2.30. The average molecular weight is 193 g/mol. The second-order valence-electron chi connectivity index (χ2n) is 2.44. The first-order valence-electron chi connectivity index (χ1n) is 4.01. The van der Waals surface area contributed by atoms with Gasteiger partial charge in [0, 0.05) is 13.2 Å². The standard InChI is InChI=1S/C7H15NO5/c9-3-1-2-8-7(12)13-5-6(11)4-10/h6,9-11H,1-5H2,(H,8,12)/t6-/m1/s1. The Morgan fingerprint density at radius 3 is 2.69 bits per heavy atom. The highest BCUT2D eigenvalue weighted by Crippen LogP contribution is 1.85. The van der Waals surface area contributed by atoms with Gasteiger partial charge in [0.25, 0.3) is 0 Å². The van der Waals surface area contributed by atoms with Crippen LogP contribution in [0.4, 0.5) is 4.79 Å². The van der Waals surface area contributed by atoms with E-state index in [2.05, 4.69) is 10.1 Å². The van der Waals surface area contributed by atoms with Gasteiger partial charge in [-0.3, -0.25) is 0 Å². The number of alkyl carbamates (subject to hydrolysis) is 1. The highest BCUT2D eigenvalue weighted by molar-refractivity contribution is 5.67. The fourth-order valence-electron chi connectivity index (χ4n) is 0.545. The number of rotatable bonds is 6. The summed E-state index contributed by atoms with van der Waals surface area (Å²) in [6.07, 6.45) is -1.25. The van der Waals surface area contributed by atoms with E-state index >= 15 is 0 Å². The summed E-state index contributed by atoms with van der Waals surface area (Å²) in [6, 6.07) is 0. The largest absolute Gasteiger partial charge is 0.447 e. The lowest BCUT2D eigenvalue weighted by molar-refractivity contribution is 0.0321. The second kappa shape index (κ2) is 7.78. The Balaban J connectivity index is 3.30. The molecule has 0 aliphatic rings. The molecule has 0 spiro atoms. The number of carbonyl (C=O) groups is 1. The molecular formula is C7H15NO5. The number of amides is 1. The van der Waals surface area contributed by atoms with Crippen LogP contribution in [-0.4, -0.2) is 53.9 Å². The summed E-state index contributed by atoms with van der Waals surface area (Å²) in [7, 11) is 0. The molecule has 0 bridgehead atoms. The summed E-state index contributed by atoms with van der Waals surface area (Å²) < 4.78 is 4.50. The highest BCUT2D eigenvalue weighted by atomic mass is 16.6. The van der Waals surface area contributed by atoms with Crippen LogP contribution in [0.2, 0.25) is 0 Å². The Labute approximate surface area is 76.1 Å². The van der Waals surface area contributed by atoms with E-state index in [9.17, 15) is 4.79 Å². The van der Waals surface area contributed by atoms with Gasteiger partial charge in [-0.25, -0.2) is 4.79 Å². The number of nitrogens with one attached hydrogen (secondary N) is 1. The molecule has 0 fully saturated rings. The van der Waals surface area contributed by atoms with Crippen LogP contribution in [0.1, 0.15) is 6.42 Å². The van der Waals surface area contributed by atoms with Crippen molar-refractivity contribution in [3.05, 3.63) is 0 Å². The molecule has 0 aromatic rings. The van der Waals surface area contributed by atoms with E-state index in [1.165, 1.54) is 0 Å². The van der Waals surface area contributed by atoms with Crippen molar-refractivity contribution in [2.45, 2.75) is 12.5 Å². The molecule has 0 unspecified atom stereocenters. The van der Waals surface area contributed by atoms with Gasteiger partial charge in [0.05, 0.1) is 6.61 Å². The predicted molar refractivity (Wildman–Crippen MR) is 44.1 cm³/mol. The lowest BCUT2D eigenvalue weighted by Gasteiger charge is -2.08. The molecule has 1 atom stereocenters. The molecule has 0 aromatic carbocycles. The molecule has 4 N–H and O–H groups in total. The van der Waals surface area contributed by atoms with Crippen LogP contribution in [0, 0.1) is 0 Å². The Hall–Kier alpha value is -0.850. The van der Waals surface area contributed by atoms with Crippen molar-refractivity contribution < 1.29 is 24.9 Å². The van der Waals surface area contributed by atoms with Crippen molar-refractivity contribution in [3.8, 4) is 0 Å². The summed E-state index contributed by atoms with van der Waals surface area (Å²) in [5.41, 5.74) is 0. The van der Waals surface area contributed by atoms with Gasteiger partial charge in [-0.2, -0.15) is 0 Å². The van der Waals surface area contributed by atoms with Crippen LogP contribution >= 0.6 is 0 Å². The molecule has 78 valence electrons. The first-order valence-corrected chi connectivity index (χ1v) is 4.01. The quantitative estimate of drug-likeness (QED) is 0.383. The third-order valence-corrected chi connectivity index (χ3v) is 1.22. The van der Waals surface area contributed by atoms with Gasteiger partial charge >= 0.3 is 6.09 Å². The number of hydrogen-bond acceptors (Lipinski definition) is 5. The molecule has 6 nitrogen and oxygen atoms in total. The van der Waals surface area contributed by atoms with E-state index in [0.29, 0.717) is 13.0 Å². The zero-order chi connectivity index (χ0) is 10.1. The summed E-state index contributed by atoms with van der Waals surface area (Å²) in [6.45, 7) is -0.352. The molecule has 1 amide bonds. The van der Waals surface area contributed by atoms with E-state index in [1.54, 1.807) is 0 Å². The maximum absolute atomic E-state index is 10.7. The monoisotopic (exact) mass is 193 g/mol. The molecule has 0 aliphatic heterocycles. The maximum Gasteiger partial charge on any atom is 0.407 e. The zero-order valence-electron chi connectivity index (χ0n) is 7.27. The van der Waals surface area contributed by atoms with Crippen molar-refractivity contribution in [2.75, 3.05) is 26.4 Å². The van der Waals surface area contributed by atoms with Gasteiger partial charge in [0.1, 0.15) is 12.7 Å². The van der Waals surface area contributed by atoms with Crippen LogP contribution in [0.3, 0.4) is 0 Å². The second-order valence-corrected chi connectivity index (χ2v) is 2.44. The first kappa shape index (κ1) is 12.2. The molecule has 0 aromatic heterocycles. The molecule has 0 saturated heterocycles. The molecular weight excluding hydrogens is 178 g/mol. The van der Waals surface area contributed by atoms with Crippen LogP contribution in [0.5, 0.6) is 0 Å².